The summed E-state index contributed by atoms with van der Waals surface area (Å²) < 4.78 is 0.814. The summed E-state index contributed by atoms with van der Waals surface area (Å²) in [5.41, 5.74) is 8.11. The molecule has 0 saturated carbocycles. The van der Waals surface area contributed by atoms with Crippen molar-refractivity contribution in [2.45, 2.75) is 20.8 Å². The molecule has 0 unspecified atom stereocenters. The lowest BCUT2D eigenvalue weighted by Gasteiger charge is -2.13. The van der Waals surface area contributed by atoms with Crippen LogP contribution in [0, 0.1) is 12.8 Å². The second-order valence-electron chi connectivity index (χ2n) is 3.84. The van der Waals surface area contributed by atoms with Crippen molar-refractivity contribution in [2.75, 3.05) is 11.1 Å². The normalized spacial score (nSPS) is 10.5. The number of anilines is 2. The number of benzene rings is 1. The molecule has 0 bridgehead atoms. The van der Waals surface area contributed by atoms with Gasteiger partial charge in [-0.2, -0.15) is 0 Å². The Labute approximate surface area is 98.2 Å². The summed E-state index contributed by atoms with van der Waals surface area (Å²) in [6, 6.07) is 3.61. The first-order chi connectivity index (χ1) is 6.91. The van der Waals surface area contributed by atoms with Crippen LogP contribution in [0.2, 0.25) is 0 Å². The lowest BCUT2D eigenvalue weighted by atomic mass is 10.1. The molecular weight excluding hydrogens is 256 g/mol. The van der Waals surface area contributed by atoms with E-state index in [1.165, 1.54) is 0 Å². The fourth-order valence-corrected chi connectivity index (χ4v) is 1.87. The molecule has 0 spiro atoms. The van der Waals surface area contributed by atoms with Gasteiger partial charge in [0.05, 0.1) is 5.69 Å². The standard InChI is InChI=1S/C11H15BrN2O/c1-6(2)11(15)14-10-7(3)4-8(13)5-9(10)12/h4-6H,13H2,1-3H3,(H,14,15). The van der Waals surface area contributed by atoms with Gasteiger partial charge in [0.15, 0.2) is 0 Å². The predicted molar refractivity (Wildman–Crippen MR) is 66.8 cm³/mol. The Morgan fingerprint density at radius 1 is 1.47 bits per heavy atom. The molecule has 15 heavy (non-hydrogen) atoms. The Hall–Kier alpha value is -1.03. The molecule has 4 heteroatoms. The second kappa shape index (κ2) is 4.66. The Kier molecular flexibility index (Phi) is 3.74. The number of rotatable bonds is 2. The van der Waals surface area contributed by atoms with Crippen molar-refractivity contribution in [3.63, 3.8) is 0 Å². The van der Waals surface area contributed by atoms with Gasteiger partial charge in [0.25, 0.3) is 0 Å². The third-order valence-corrected chi connectivity index (χ3v) is 2.71. The monoisotopic (exact) mass is 270 g/mol. The van der Waals surface area contributed by atoms with E-state index in [1.54, 1.807) is 6.07 Å². The zero-order valence-corrected chi connectivity index (χ0v) is 10.7. The van der Waals surface area contributed by atoms with E-state index in [4.69, 9.17) is 5.73 Å². The number of aryl methyl sites for hydroxylation is 1. The van der Waals surface area contributed by atoms with E-state index in [-0.39, 0.29) is 11.8 Å². The molecule has 1 amide bonds. The zero-order valence-electron chi connectivity index (χ0n) is 9.10. The van der Waals surface area contributed by atoms with Crippen molar-refractivity contribution in [1.29, 1.82) is 0 Å². The van der Waals surface area contributed by atoms with Gasteiger partial charge in [0.2, 0.25) is 5.91 Å². The lowest BCUT2D eigenvalue weighted by Crippen LogP contribution is -2.18. The molecule has 1 aromatic rings. The van der Waals surface area contributed by atoms with Gasteiger partial charge >= 0.3 is 0 Å². The first-order valence-electron chi connectivity index (χ1n) is 4.78. The van der Waals surface area contributed by atoms with E-state index in [1.807, 2.05) is 26.8 Å². The maximum atomic E-state index is 11.5. The predicted octanol–water partition coefficient (Wildman–Crippen LogP) is 2.93. The molecule has 3 nitrogen and oxygen atoms in total. The molecular formula is C11H15BrN2O. The summed E-state index contributed by atoms with van der Waals surface area (Å²) in [6.07, 6.45) is 0. The highest BCUT2D eigenvalue weighted by atomic mass is 79.9. The maximum absolute atomic E-state index is 11.5. The Morgan fingerprint density at radius 3 is 2.53 bits per heavy atom. The topological polar surface area (TPSA) is 55.1 Å². The molecule has 82 valence electrons. The molecule has 3 N–H and O–H groups in total. The number of hydrogen-bond donors (Lipinski definition) is 2. The number of nitrogen functional groups attached to an aromatic ring is 1. The summed E-state index contributed by atoms with van der Waals surface area (Å²) in [4.78, 5) is 11.5. The first-order valence-corrected chi connectivity index (χ1v) is 5.57. The largest absolute Gasteiger partial charge is 0.399 e. The highest BCUT2D eigenvalue weighted by molar-refractivity contribution is 9.10. The van der Waals surface area contributed by atoms with E-state index >= 15 is 0 Å². The second-order valence-corrected chi connectivity index (χ2v) is 4.69. The fraction of sp³-hybridized carbons (Fsp3) is 0.364. The van der Waals surface area contributed by atoms with Crippen LogP contribution in [0.25, 0.3) is 0 Å². The van der Waals surface area contributed by atoms with E-state index in [2.05, 4.69) is 21.2 Å². The van der Waals surface area contributed by atoms with Gasteiger partial charge in [-0.3, -0.25) is 4.79 Å². The summed E-state index contributed by atoms with van der Waals surface area (Å²) in [5, 5.41) is 2.86. The third kappa shape index (κ3) is 2.96. The SMILES string of the molecule is Cc1cc(N)cc(Br)c1NC(=O)C(C)C. The minimum atomic E-state index is -0.0335. The number of nitrogens with one attached hydrogen (secondary N) is 1. The maximum Gasteiger partial charge on any atom is 0.226 e. The van der Waals surface area contributed by atoms with Crippen molar-refractivity contribution in [1.82, 2.24) is 0 Å². The van der Waals surface area contributed by atoms with Gasteiger partial charge in [-0.1, -0.05) is 13.8 Å². The van der Waals surface area contributed by atoms with Gasteiger partial charge in [-0.05, 0) is 40.5 Å². The molecule has 0 aliphatic carbocycles. The van der Waals surface area contributed by atoms with E-state index in [0.29, 0.717) is 5.69 Å². The highest BCUT2D eigenvalue weighted by Gasteiger charge is 2.11. The minimum absolute atomic E-state index is 0.00331. The fourth-order valence-electron chi connectivity index (χ4n) is 1.20. The molecule has 1 rings (SSSR count). The summed E-state index contributed by atoms with van der Waals surface area (Å²) in [6.45, 7) is 5.63. The van der Waals surface area contributed by atoms with Crippen LogP contribution in [0.5, 0.6) is 0 Å². The number of hydrogen-bond acceptors (Lipinski definition) is 2. The number of amides is 1. The van der Waals surface area contributed by atoms with Gasteiger partial charge in [-0.15, -0.1) is 0 Å². The van der Waals surface area contributed by atoms with Gasteiger partial charge in [-0.25, -0.2) is 0 Å². The molecule has 0 aliphatic heterocycles. The molecule has 1 aromatic carbocycles. The average molecular weight is 271 g/mol. The highest BCUT2D eigenvalue weighted by Crippen LogP contribution is 2.29. The Balaban J connectivity index is 3.00. The third-order valence-electron chi connectivity index (χ3n) is 2.08. The first kappa shape index (κ1) is 12.0. The van der Waals surface area contributed by atoms with Gasteiger partial charge < -0.3 is 11.1 Å². The summed E-state index contributed by atoms with van der Waals surface area (Å²) >= 11 is 3.38. The van der Waals surface area contributed by atoms with Crippen LogP contribution < -0.4 is 11.1 Å². The summed E-state index contributed by atoms with van der Waals surface area (Å²) in [5.74, 6) is -0.0302. The van der Waals surface area contributed by atoms with Gasteiger partial charge in [0.1, 0.15) is 0 Å². The molecule has 0 atom stereocenters. The van der Waals surface area contributed by atoms with Crippen LogP contribution >= 0.6 is 15.9 Å². The Morgan fingerprint density at radius 2 is 2.07 bits per heavy atom. The van der Waals surface area contributed by atoms with Crippen LogP contribution in [0.4, 0.5) is 11.4 Å². The molecule has 0 heterocycles. The number of carbonyl (C=O) groups is 1. The molecule has 0 aliphatic rings. The Bertz CT molecular complexity index is 365. The van der Waals surface area contributed by atoms with Crippen molar-refractivity contribution >= 4 is 33.2 Å². The van der Waals surface area contributed by atoms with Gasteiger partial charge in [0, 0.05) is 16.1 Å². The van der Waals surface area contributed by atoms with Crippen LogP contribution in [0.15, 0.2) is 16.6 Å². The zero-order chi connectivity index (χ0) is 11.6. The molecule has 0 aromatic heterocycles. The van der Waals surface area contributed by atoms with Crippen LogP contribution in [-0.2, 0) is 4.79 Å². The van der Waals surface area contributed by atoms with Crippen molar-refractivity contribution in [3.8, 4) is 0 Å². The minimum Gasteiger partial charge on any atom is -0.399 e. The van der Waals surface area contributed by atoms with Crippen LogP contribution in [0.3, 0.4) is 0 Å². The van der Waals surface area contributed by atoms with Crippen LogP contribution in [0.1, 0.15) is 19.4 Å². The average Bonchev–Trinajstić information content (AvgIpc) is 2.10. The van der Waals surface area contributed by atoms with E-state index < -0.39 is 0 Å². The quantitative estimate of drug-likeness (QED) is 0.812. The molecule has 0 fully saturated rings. The molecule has 0 saturated heterocycles. The van der Waals surface area contributed by atoms with Crippen molar-refractivity contribution in [2.24, 2.45) is 5.92 Å². The smallest absolute Gasteiger partial charge is 0.226 e. The van der Waals surface area contributed by atoms with E-state index in [9.17, 15) is 4.79 Å². The lowest BCUT2D eigenvalue weighted by molar-refractivity contribution is -0.118. The van der Waals surface area contributed by atoms with E-state index in [0.717, 1.165) is 15.7 Å². The van der Waals surface area contributed by atoms with Crippen molar-refractivity contribution in [3.05, 3.63) is 22.2 Å². The number of halogens is 1. The number of nitrogens with two attached hydrogens (primary N) is 1. The van der Waals surface area contributed by atoms with Crippen LogP contribution in [-0.4, -0.2) is 5.91 Å². The van der Waals surface area contributed by atoms with Crippen molar-refractivity contribution < 1.29 is 4.79 Å². The molecule has 0 radical (unpaired) electrons. The number of carbonyl (C=O) groups excluding carboxylic acids is 1. The summed E-state index contributed by atoms with van der Waals surface area (Å²) in [7, 11) is 0.